The van der Waals surface area contributed by atoms with Crippen molar-refractivity contribution in [3.63, 3.8) is 0 Å². The van der Waals surface area contributed by atoms with Gasteiger partial charge in [0.2, 0.25) is 0 Å². The van der Waals surface area contributed by atoms with E-state index in [1.54, 1.807) is 12.4 Å². The fourth-order valence-electron chi connectivity index (χ4n) is 1.17. The first-order valence-electron chi connectivity index (χ1n) is 4.95. The standard InChI is InChI=1S/C10H15N3O/c1-11-10-5-12-9(4-13-10)7-14-6-8-2-3-8/h4-5,8H,2-3,6-7H2,1H3,(H,11,13). The van der Waals surface area contributed by atoms with E-state index in [0.717, 1.165) is 24.0 Å². The van der Waals surface area contributed by atoms with Crippen LogP contribution in [0.1, 0.15) is 18.5 Å². The molecule has 0 atom stereocenters. The van der Waals surface area contributed by atoms with Gasteiger partial charge in [-0.3, -0.25) is 4.98 Å². The van der Waals surface area contributed by atoms with Gasteiger partial charge in [-0.05, 0) is 18.8 Å². The van der Waals surface area contributed by atoms with Crippen LogP contribution in [0.2, 0.25) is 0 Å². The summed E-state index contributed by atoms with van der Waals surface area (Å²) < 4.78 is 5.49. The van der Waals surface area contributed by atoms with Crippen molar-refractivity contribution >= 4 is 5.82 Å². The fraction of sp³-hybridized carbons (Fsp3) is 0.600. The Bertz CT molecular complexity index is 282. The normalized spacial score (nSPS) is 15.5. The molecule has 0 amide bonds. The van der Waals surface area contributed by atoms with Crippen molar-refractivity contribution in [3.05, 3.63) is 18.1 Å². The van der Waals surface area contributed by atoms with Crippen molar-refractivity contribution in [2.24, 2.45) is 5.92 Å². The average molecular weight is 193 g/mol. The summed E-state index contributed by atoms with van der Waals surface area (Å²) in [6.45, 7) is 1.45. The molecule has 1 saturated carbocycles. The lowest BCUT2D eigenvalue weighted by molar-refractivity contribution is 0.108. The number of anilines is 1. The van der Waals surface area contributed by atoms with Gasteiger partial charge in [0.25, 0.3) is 0 Å². The second-order valence-corrected chi connectivity index (χ2v) is 3.60. The predicted molar refractivity (Wildman–Crippen MR) is 54.0 cm³/mol. The highest BCUT2D eigenvalue weighted by Gasteiger charge is 2.21. The van der Waals surface area contributed by atoms with E-state index in [1.165, 1.54) is 12.8 Å². The molecule has 0 aromatic carbocycles. The molecule has 0 unspecified atom stereocenters. The number of hydrogen-bond acceptors (Lipinski definition) is 4. The van der Waals surface area contributed by atoms with Gasteiger partial charge in [-0.1, -0.05) is 0 Å². The quantitative estimate of drug-likeness (QED) is 0.768. The van der Waals surface area contributed by atoms with Crippen LogP contribution in [0.15, 0.2) is 12.4 Å². The van der Waals surface area contributed by atoms with Crippen LogP contribution < -0.4 is 5.32 Å². The first-order chi connectivity index (χ1) is 6.88. The van der Waals surface area contributed by atoms with Crippen LogP contribution in [-0.2, 0) is 11.3 Å². The molecule has 14 heavy (non-hydrogen) atoms. The largest absolute Gasteiger partial charge is 0.375 e. The summed E-state index contributed by atoms with van der Waals surface area (Å²) >= 11 is 0. The number of nitrogens with one attached hydrogen (secondary N) is 1. The number of hydrogen-bond donors (Lipinski definition) is 1. The summed E-state index contributed by atoms with van der Waals surface area (Å²) in [6.07, 6.45) is 6.11. The average Bonchev–Trinajstić information content (AvgIpc) is 3.03. The van der Waals surface area contributed by atoms with E-state index < -0.39 is 0 Å². The Balaban J connectivity index is 1.77. The van der Waals surface area contributed by atoms with E-state index in [2.05, 4.69) is 15.3 Å². The van der Waals surface area contributed by atoms with Gasteiger partial charge in [0.1, 0.15) is 5.82 Å². The van der Waals surface area contributed by atoms with Crippen molar-refractivity contribution in [2.45, 2.75) is 19.4 Å². The van der Waals surface area contributed by atoms with E-state index in [9.17, 15) is 0 Å². The van der Waals surface area contributed by atoms with E-state index in [1.807, 2.05) is 7.05 Å². The summed E-state index contributed by atoms with van der Waals surface area (Å²) in [5.41, 5.74) is 0.893. The Kier molecular flexibility index (Phi) is 2.93. The second kappa shape index (κ2) is 4.37. The number of ether oxygens (including phenoxy) is 1. The van der Waals surface area contributed by atoms with Crippen molar-refractivity contribution in [2.75, 3.05) is 19.0 Å². The van der Waals surface area contributed by atoms with Crippen molar-refractivity contribution in [1.82, 2.24) is 9.97 Å². The van der Waals surface area contributed by atoms with Crippen LogP contribution in [0.4, 0.5) is 5.82 Å². The van der Waals surface area contributed by atoms with Gasteiger partial charge in [-0.25, -0.2) is 4.98 Å². The zero-order valence-electron chi connectivity index (χ0n) is 8.36. The second-order valence-electron chi connectivity index (χ2n) is 3.60. The molecular formula is C10H15N3O. The lowest BCUT2D eigenvalue weighted by Crippen LogP contribution is -2.01. The molecule has 0 saturated heterocycles. The van der Waals surface area contributed by atoms with Crippen molar-refractivity contribution in [3.8, 4) is 0 Å². The fourth-order valence-corrected chi connectivity index (χ4v) is 1.17. The van der Waals surface area contributed by atoms with Crippen LogP contribution in [0.3, 0.4) is 0 Å². The molecule has 76 valence electrons. The smallest absolute Gasteiger partial charge is 0.144 e. The van der Waals surface area contributed by atoms with Crippen molar-refractivity contribution in [1.29, 1.82) is 0 Å². The van der Waals surface area contributed by atoms with E-state index in [-0.39, 0.29) is 0 Å². The first kappa shape index (κ1) is 9.40. The molecule has 1 aliphatic rings. The number of rotatable bonds is 5. The molecule has 4 heteroatoms. The Hall–Kier alpha value is -1.16. The minimum Gasteiger partial charge on any atom is -0.375 e. The lowest BCUT2D eigenvalue weighted by atomic mass is 10.4. The monoisotopic (exact) mass is 193 g/mol. The van der Waals surface area contributed by atoms with Gasteiger partial charge < -0.3 is 10.1 Å². The molecule has 0 radical (unpaired) electrons. The summed E-state index contributed by atoms with van der Waals surface area (Å²) in [5, 5.41) is 2.92. The highest BCUT2D eigenvalue weighted by Crippen LogP contribution is 2.28. The van der Waals surface area contributed by atoms with Crippen LogP contribution in [-0.4, -0.2) is 23.6 Å². The maximum atomic E-state index is 5.49. The summed E-state index contributed by atoms with van der Waals surface area (Å²) in [5.74, 6) is 1.59. The zero-order chi connectivity index (χ0) is 9.80. The van der Waals surface area contributed by atoms with Gasteiger partial charge in [-0.2, -0.15) is 0 Å². The van der Waals surface area contributed by atoms with Gasteiger partial charge in [-0.15, -0.1) is 0 Å². The van der Waals surface area contributed by atoms with Crippen LogP contribution >= 0.6 is 0 Å². The molecule has 0 aliphatic heterocycles. The van der Waals surface area contributed by atoms with Crippen LogP contribution in [0.25, 0.3) is 0 Å². The minimum absolute atomic E-state index is 0.577. The molecule has 0 spiro atoms. The Labute approximate surface area is 83.7 Å². The summed E-state index contributed by atoms with van der Waals surface area (Å²) in [4.78, 5) is 8.37. The van der Waals surface area contributed by atoms with E-state index in [0.29, 0.717) is 6.61 Å². The van der Waals surface area contributed by atoms with Crippen LogP contribution in [0.5, 0.6) is 0 Å². The van der Waals surface area contributed by atoms with Gasteiger partial charge >= 0.3 is 0 Å². The van der Waals surface area contributed by atoms with Gasteiger partial charge in [0.05, 0.1) is 24.7 Å². The molecule has 0 bridgehead atoms. The number of nitrogens with zero attached hydrogens (tertiary/aromatic N) is 2. The number of aromatic nitrogens is 2. The Morgan fingerprint density at radius 1 is 1.43 bits per heavy atom. The summed E-state index contributed by atoms with van der Waals surface area (Å²) in [7, 11) is 1.83. The molecule has 1 N–H and O–H groups in total. The van der Waals surface area contributed by atoms with E-state index >= 15 is 0 Å². The van der Waals surface area contributed by atoms with Crippen molar-refractivity contribution < 1.29 is 4.74 Å². The zero-order valence-corrected chi connectivity index (χ0v) is 8.36. The van der Waals surface area contributed by atoms with Crippen LogP contribution in [0, 0.1) is 5.92 Å². The lowest BCUT2D eigenvalue weighted by Gasteiger charge is -2.03. The molecule has 1 aromatic rings. The third kappa shape index (κ3) is 2.67. The first-order valence-corrected chi connectivity index (χ1v) is 4.95. The molecule has 1 aromatic heterocycles. The molecular weight excluding hydrogens is 178 g/mol. The highest BCUT2D eigenvalue weighted by atomic mass is 16.5. The topological polar surface area (TPSA) is 47.0 Å². The third-order valence-corrected chi connectivity index (χ3v) is 2.26. The highest BCUT2D eigenvalue weighted by molar-refractivity contribution is 5.29. The maximum Gasteiger partial charge on any atom is 0.144 e. The molecule has 1 heterocycles. The summed E-state index contributed by atoms with van der Waals surface area (Å²) in [6, 6.07) is 0. The Morgan fingerprint density at radius 3 is 2.86 bits per heavy atom. The minimum atomic E-state index is 0.577. The maximum absolute atomic E-state index is 5.49. The molecule has 4 nitrogen and oxygen atoms in total. The SMILES string of the molecule is CNc1cnc(COCC2CC2)cn1. The third-order valence-electron chi connectivity index (χ3n) is 2.26. The van der Waals surface area contributed by atoms with Gasteiger partial charge in [0, 0.05) is 13.7 Å². The van der Waals surface area contributed by atoms with E-state index in [4.69, 9.17) is 4.74 Å². The predicted octanol–water partition coefficient (Wildman–Crippen LogP) is 1.44. The molecule has 2 rings (SSSR count). The van der Waals surface area contributed by atoms with Gasteiger partial charge in [0.15, 0.2) is 0 Å². The molecule has 1 aliphatic carbocycles. The molecule has 1 fully saturated rings. The Morgan fingerprint density at radius 2 is 2.29 bits per heavy atom.